The van der Waals surface area contributed by atoms with Crippen molar-refractivity contribution < 1.29 is 9.59 Å². The Morgan fingerprint density at radius 3 is 2.63 bits per heavy atom. The highest BCUT2D eigenvalue weighted by molar-refractivity contribution is 6.23. The number of rotatable bonds is 2. The molecule has 3 rings (SSSR count). The average Bonchev–Trinajstić information content (AvgIpc) is 2.66. The van der Waals surface area contributed by atoms with E-state index in [1.807, 2.05) is 0 Å². The van der Waals surface area contributed by atoms with Crippen LogP contribution in [0.3, 0.4) is 0 Å². The Bertz CT molecular complexity index is 670. The molecule has 0 aliphatic carbocycles. The van der Waals surface area contributed by atoms with E-state index in [1.165, 1.54) is 6.20 Å². The molecule has 0 unspecified atom stereocenters. The molecule has 2 aromatic rings. The minimum absolute atomic E-state index is 0.0969. The van der Waals surface area contributed by atoms with Gasteiger partial charge in [-0.15, -0.1) is 0 Å². The third-order valence-electron chi connectivity index (χ3n) is 2.98. The van der Waals surface area contributed by atoms with Gasteiger partial charge < -0.3 is 5.73 Å². The number of carbonyl (C=O) groups is 2. The Hall–Kier alpha value is -2.76. The number of hydrogen-bond donors (Lipinski definition) is 1. The number of nitrogen functional groups attached to an aromatic ring is 1. The van der Waals surface area contributed by atoms with Crippen LogP contribution in [0, 0.1) is 0 Å². The Balaban J connectivity index is 1.97. The number of anilines is 1. The van der Waals surface area contributed by atoms with Gasteiger partial charge in [0, 0.05) is 11.9 Å². The maximum atomic E-state index is 12.2. The van der Waals surface area contributed by atoms with Crippen LogP contribution in [-0.4, -0.2) is 26.9 Å². The summed E-state index contributed by atoms with van der Waals surface area (Å²) >= 11 is 0. The molecule has 0 atom stereocenters. The summed E-state index contributed by atoms with van der Waals surface area (Å²) in [5, 5.41) is 7.59. The Morgan fingerprint density at radius 1 is 1.11 bits per heavy atom. The zero-order chi connectivity index (χ0) is 13.4. The van der Waals surface area contributed by atoms with Gasteiger partial charge in [0.15, 0.2) is 0 Å². The first-order chi connectivity index (χ1) is 9.18. The summed E-state index contributed by atoms with van der Waals surface area (Å²) in [6.07, 6.45) is 1.53. The summed E-state index contributed by atoms with van der Waals surface area (Å²) in [4.78, 5) is 25.5. The first-order valence-corrected chi connectivity index (χ1v) is 5.70. The van der Waals surface area contributed by atoms with Crippen LogP contribution in [0.5, 0.6) is 0 Å². The van der Waals surface area contributed by atoms with Crippen molar-refractivity contribution in [2.45, 2.75) is 6.54 Å². The van der Waals surface area contributed by atoms with Gasteiger partial charge in [-0.3, -0.25) is 14.5 Å². The van der Waals surface area contributed by atoms with E-state index in [-0.39, 0.29) is 23.9 Å². The van der Waals surface area contributed by atoms with Crippen molar-refractivity contribution in [3.63, 3.8) is 0 Å². The lowest BCUT2D eigenvalue weighted by Gasteiger charge is -2.12. The lowest BCUT2D eigenvalue weighted by atomic mass is 10.1. The molecule has 6 heteroatoms. The third kappa shape index (κ3) is 1.74. The number of fused-ring (bicyclic) bond motifs is 1. The third-order valence-corrected chi connectivity index (χ3v) is 2.98. The largest absolute Gasteiger partial charge is 0.398 e. The first-order valence-electron chi connectivity index (χ1n) is 5.70. The summed E-state index contributed by atoms with van der Waals surface area (Å²) in [6, 6.07) is 8.28. The normalized spacial score (nSPS) is 13.8. The molecular weight excluding hydrogens is 244 g/mol. The van der Waals surface area contributed by atoms with Crippen LogP contribution in [0.15, 0.2) is 36.5 Å². The minimum Gasteiger partial charge on any atom is -0.398 e. The van der Waals surface area contributed by atoms with E-state index in [9.17, 15) is 9.59 Å². The average molecular weight is 254 g/mol. The summed E-state index contributed by atoms with van der Waals surface area (Å²) in [6.45, 7) is 0.0969. The summed E-state index contributed by atoms with van der Waals surface area (Å²) < 4.78 is 0. The van der Waals surface area contributed by atoms with Gasteiger partial charge in [-0.25, -0.2) is 0 Å². The van der Waals surface area contributed by atoms with E-state index in [2.05, 4.69) is 10.2 Å². The second-order valence-electron chi connectivity index (χ2n) is 4.18. The quantitative estimate of drug-likeness (QED) is 0.634. The first kappa shape index (κ1) is 11.3. The Kier molecular flexibility index (Phi) is 2.49. The van der Waals surface area contributed by atoms with Gasteiger partial charge in [-0.2, -0.15) is 10.2 Å². The van der Waals surface area contributed by atoms with Crippen molar-refractivity contribution in [2.75, 3.05) is 5.73 Å². The fraction of sp³-hybridized carbons (Fsp3) is 0.0769. The monoisotopic (exact) mass is 254 g/mol. The molecular formula is C13H10N4O2. The van der Waals surface area contributed by atoms with Crippen LogP contribution >= 0.6 is 0 Å². The number of aromatic nitrogens is 2. The molecule has 1 aliphatic rings. The molecule has 1 aromatic heterocycles. The molecule has 6 nitrogen and oxygen atoms in total. The SMILES string of the molecule is Nc1cccc2c1C(=O)N(Cc1cccnn1)C2=O. The van der Waals surface area contributed by atoms with Gasteiger partial charge in [0.25, 0.3) is 11.8 Å². The lowest BCUT2D eigenvalue weighted by molar-refractivity contribution is 0.0640. The van der Waals surface area contributed by atoms with E-state index in [0.717, 1.165) is 4.90 Å². The molecule has 0 saturated heterocycles. The van der Waals surface area contributed by atoms with E-state index in [0.29, 0.717) is 16.9 Å². The zero-order valence-corrected chi connectivity index (χ0v) is 9.91. The molecule has 94 valence electrons. The van der Waals surface area contributed by atoms with Crippen LogP contribution in [-0.2, 0) is 6.54 Å². The zero-order valence-electron chi connectivity index (χ0n) is 9.91. The van der Waals surface area contributed by atoms with Gasteiger partial charge in [0.1, 0.15) is 0 Å². The van der Waals surface area contributed by atoms with Gasteiger partial charge in [-0.1, -0.05) is 6.07 Å². The van der Waals surface area contributed by atoms with Crippen molar-refractivity contribution >= 4 is 17.5 Å². The van der Waals surface area contributed by atoms with Gasteiger partial charge in [0.05, 0.1) is 23.4 Å². The molecule has 19 heavy (non-hydrogen) atoms. The van der Waals surface area contributed by atoms with Crippen LogP contribution in [0.25, 0.3) is 0 Å². The van der Waals surface area contributed by atoms with E-state index < -0.39 is 0 Å². The summed E-state index contributed by atoms with van der Waals surface area (Å²) in [7, 11) is 0. The molecule has 1 aromatic carbocycles. The second kappa shape index (κ2) is 4.16. The number of nitrogens with two attached hydrogens (primary N) is 1. The predicted molar refractivity (Wildman–Crippen MR) is 67.1 cm³/mol. The number of hydrogen-bond acceptors (Lipinski definition) is 5. The van der Waals surface area contributed by atoms with Crippen molar-refractivity contribution in [3.8, 4) is 0 Å². The standard InChI is InChI=1S/C13H10N4O2/c14-10-5-1-4-9-11(10)13(19)17(12(9)18)7-8-3-2-6-15-16-8/h1-6H,7,14H2. The van der Waals surface area contributed by atoms with Gasteiger partial charge >= 0.3 is 0 Å². The van der Waals surface area contributed by atoms with Crippen LogP contribution in [0.2, 0.25) is 0 Å². The van der Waals surface area contributed by atoms with Crippen molar-refractivity contribution in [2.24, 2.45) is 0 Å². The van der Waals surface area contributed by atoms with E-state index in [1.54, 1.807) is 30.3 Å². The summed E-state index contributed by atoms with van der Waals surface area (Å²) in [5.41, 5.74) is 7.24. The van der Waals surface area contributed by atoms with Gasteiger partial charge in [-0.05, 0) is 24.3 Å². The molecule has 0 fully saturated rings. The van der Waals surface area contributed by atoms with Crippen molar-refractivity contribution in [3.05, 3.63) is 53.3 Å². The highest BCUT2D eigenvalue weighted by Gasteiger charge is 2.37. The minimum atomic E-state index is -0.385. The van der Waals surface area contributed by atoms with Crippen LogP contribution in [0.1, 0.15) is 26.4 Å². The van der Waals surface area contributed by atoms with Gasteiger partial charge in [0.2, 0.25) is 0 Å². The van der Waals surface area contributed by atoms with Crippen LogP contribution < -0.4 is 5.73 Å². The Labute approximate surface area is 108 Å². The molecule has 0 spiro atoms. The maximum Gasteiger partial charge on any atom is 0.264 e. The second-order valence-corrected chi connectivity index (χ2v) is 4.18. The molecule has 0 radical (unpaired) electrons. The molecule has 0 bridgehead atoms. The maximum absolute atomic E-state index is 12.2. The van der Waals surface area contributed by atoms with Crippen molar-refractivity contribution in [1.82, 2.24) is 15.1 Å². The highest BCUT2D eigenvalue weighted by Crippen LogP contribution is 2.28. The molecule has 2 N–H and O–H groups in total. The highest BCUT2D eigenvalue weighted by atomic mass is 16.2. The number of imide groups is 1. The number of carbonyl (C=O) groups excluding carboxylic acids is 2. The number of nitrogens with zero attached hydrogens (tertiary/aromatic N) is 3. The lowest BCUT2D eigenvalue weighted by Crippen LogP contribution is -2.29. The van der Waals surface area contributed by atoms with Crippen LogP contribution in [0.4, 0.5) is 5.69 Å². The molecule has 0 saturated carbocycles. The topological polar surface area (TPSA) is 89.2 Å². The molecule has 2 amide bonds. The fourth-order valence-corrected chi connectivity index (χ4v) is 2.08. The van der Waals surface area contributed by atoms with E-state index >= 15 is 0 Å². The molecule has 2 heterocycles. The van der Waals surface area contributed by atoms with Crippen molar-refractivity contribution in [1.29, 1.82) is 0 Å². The Morgan fingerprint density at radius 2 is 1.95 bits per heavy atom. The number of benzene rings is 1. The summed E-state index contributed by atoms with van der Waals surface area (Å²) in [5.74, 6) is -0.735. The van der Waals surface area contributed by atoms with E-state index in [4.69, 9.17) is 5.73 Å². The predicted octanol–water partition coefficient (Wildman–Crippen LogP) is 0.855. The smallest absolute Gasteiger partial charge is 0.264 e. The fourth-order valence-electron chi connectivity index (χ4n) is 2.08. The number of amides is 2. The molecule has 1 aliphatic heterocycles.